The molecule has 0 saturated heterocycles. The van der Waals surface area contributed by atoms with Crippen molar-refractivity contribution in [1.82, 2.24) is 0 Å². The Labute approximate surface area is 124 Å². The molecule has 2 aliphatic carbocycles. The first-order chi connectivity index (χ1) is 10.3. The second kappa shape index (κ2) is 4.45. The summed E-state index contributed by atoms with van der Waals surface area (Å²) < 4.78 is 5.20. The molecule has 0 radical (unpaired) electrons. The molecule has 2 heteroatoms. The van der Waals surface area contributed by atoms with E-state index < -0.39 is 5.41 Å². The summed E-state index contributed by atoms with van der Waals surface area (Å²) in [6, 6.07) is 18.7. The fourth-order valence-electron chi connectivity index (χ4n) is 4.36. The van der Waals surface area contributed by atoms with Gasteiger partial charge in [0.05, 0.1) is 7.11 Å². The number of rotatable bonds is 2. The summed E-state index contributed by atoms with van der Waals surface area (Å²) in [7, 11) is 1.50. The van der Waals surface area contributed by atoms with Gasteiger partial charge in [0, 0.05) is 5.92 Å². The average molecular weight is 278 g/mol. The lowest BCUT2D eigenvalue weighted by molar-refractivity contribution is -0.144. The van der Waals surface area contributed by atoms with E-state index in [1.807, 2.05) is 18.2 Å². The van der Waals surface area contributed by atoms with Gasteiger partial charge in [0.1, 0.15) is 5.41 Å². The van der Waals surface area contributed by atoms with E-state index in [2.05, 4.69) is 36.4 Å². The van der Waals surface area contributed by atoms with Crippen LogP contribution >= 0.6 is 0 Å². The topological polar surface area (TPSA) is 26.3 Å². The Hall–Kier alpha value is -2.09. The quantitative estimate of drug-likeness (QED) is 0.786. The molecule has 1 saturated carbocycles. The van der Waals surface area contributed by atoms with Crippen molar-refractivity contribution in [3.05, 3.63) is 71.3 Å². The van der Waals surface area contributed by atoms with Crippen molar-refractivity contribution in [2.45, 2.75) is 24.2 Å². The van der Waals surface area contributed by atoms with Gasteiger partial charge in [-0.1, -0.05) is 54.6 Å². The maximum absolute atomic E-state index is 12.7. The van der Waals surface area contributed by atoms with E-state index in [1.165, 1.54) is 18.2 Å². The van der Waals surface area contributed by atoms with Gasteiger partial charge in [-0.2, -0.15) is 0 Å². The van der Waals surface area contributed by atoms with Crippen LogP contribution in [-0.4, -0.2) is 13.1 Å². The number of ether oxygens (including phenoxy) is 1. The van der Waals surface area contributed by atoms with Crippen molar-refractivity contribution in [3.8, 4) is 0 Å². The normalized spacial score (nSPS) is 29.2. The second-order valence-corrected chi connectivity index (χ2v) is 6.05. The van der Waals surface area contributed by atoms with Crippen LogP contribution in [0.15, 0.2) is 54.6 Å². The van der Waals surface area contributed by atoms with Crippen LogP contribution in [0.3, 0.4) is 0 Å². The molecule has 0 unspecified atom stereocenters. The number of benzene rings is 2. The predicted octanol–water partition coefficient (Wildman–Crippen LogP) is 3.46. The van der Waals surface area contributed by atoms with Crippen molar-refractivity contribution in [3.63, 3.8) is 0 Å². The summed E-state index contributed by atoms with van der Waals surface area (Å²) in [5.74, 6) is 0.569. The van der Waals surface area contributed by atoms with Crippen LogP contribution in [0.25, 0.3) is 0 Å². The Balaban J connectivity index is 1.88. The highest BCUT2D eigenvalue weighted by molar-refractivity contribution is 5.90. The van der Waals surface area contributed by atoms with E-state index >= 15 is 0 Å². The highest BCUT2D eigenvalue weighted by Crippen LogP contribution is 2.70. The zero-order valence-corrected chi connectivity index (χ0v) is 12.1. The molecule has 2 aromatic carbocycles. The van der Waals surface area contributed by atoms with Crippen LogP contribution in [0.1, 0.15) is 29.0 Å². The molecule has 0 aromatic heterocycles. The molecule has 0 amide bonds. The van der Waals surface area contributed by atoms with E-state index in [1.54, 1.807) is 0 Å². The van der Waals surface area contributed by atoms with E-state index in [4.69, 9.17) is 4.74 Å². The molecular formula is C19H18O2. The Morgan fingerprint density at radius 3 is 2.57 bits per heavy atom. The van der Waals surface area contributed by atoms with E-state index in [-0.39, 0.29) is 11.9 Å². The van der Waals surface area contributed by atoms with Gasteiger partial charge in [-0.3, -0.25) is 4.79 Å². The highest BCUT2D eigenvalue weighted by atomic mass is 16.5. The number of esters is 1. The van der Waals surface area contributed by atoms with Crippen LogP contribution in [0.2, 0.25) is 0 Å². The number of carbonyl (C=O) groups is 1. The van der Waals surface area contributed by atoms with E-state index in [0.717, 1.165) is 18.4 Å². The fourth-order valence-corrected chi connectivity index (χ4v) is 4.36. The van der Waals surface area contributed by atoms with E-state index in [0.29, 0.717) is 5.92 Å². The molecule has 0 spiro atoms. The number of hydrogen-bond acceptors (Lipinski definition) is 2. The number of fused-ring (bicyclic) bond motifs is 3. The summed E-state index contributed by atoms with van der Waals surface area (Å²) in [6.45, 7) is 0. The monoisotopic (exact) mass is 278 g/mol. The molecular weight excluding hydrogens is 260 g/mol. The molecule has 3 atom stereocenters. The molecule has 2 aliphatic rings. The second-order valence-electron chi connectivity index (χ2n) is 6.05. The smallest absolute Gasteiger partial charge is 0.317 e. The van der Waals surface area contributed by atoms with Gasteiger partial charge < -0.3 is 4.74 Å². The Morgan fingerprint density at radius 1 is 1.10 bits per heavy atom. The Kier molecular flexibility index (Phi) is 2.68. The van der Waals surface area contributed by atoms with Gasteiger partial charge >= 0.3 is 5.97 Å². The van der Waals surface area contributed by atoms with Gasteiger partial charge in [-0.15, -0.1) is 0 Å². The SMILES string of the molecule is COC(=O)[C@@]1(c2ccccc2)[C@@H]2c3ccccc3CC[C@@H]21. The minimum Gasteiger partial charge on any atom is -0.468 e. The third kappa shape index (κ3) is 1.56. The molecule has 2 aromatic rings. The lowest BCUT2D eigenvalue weighted by Gasteiger charge is -2.16. The number of methoxy groups -OCH3 is 1. The Bertz CT molecular complexity index is 692. The summed E-state index contributed by atoms with van der Waals surface area (Å²) >= 11 is 0. The van der Waals surface area contributed by atoms with Crippen LogP contribution < -0.4 is 0 Å². The van der Waals surface area contributed by atoms with Gasteiger partial charge in [0.15, 0.2) is 0 Å². The molecule has 0 N–H and O–H groups in total. The first kappa shape index (κ1) is 12.6. The largest absolute Gasteiger partial charge is 0.468 e. The van der Waals surface area contributed by atoms with Gasteiger partial charge in [-0.05, 0) is 35.4 Å². The minimum absolute atomic E-state index is 0.0830. The van der Waals surface area contributed by atoms with Crippen LogP contribution in [0.5, 0.6) is 0 Å². The van der Waals surface area contributed by atoms with Crippen molar-refractivity contribution in [2.75, 3.05) is 7.11 Å². The molecule has 4 rings (SSSR count). The molecule has 2 nitrogen and oxygen atoms in total. The number of aryl methyl sites for hydroxylation is 1. The van der Waals surface area contributed by atoms with Gasteiger partial charge in [-0.25, -0.2) is 0 Å². The summed E-state index contributed by atoms with van der Waals surface area (Å²) in [6.07, 6.45) is 2.12. The first-order valence-corrected chi connectivity index (χ1v) is 7.52. The molecule has 1 fully saturated rings. The molecule has 0 bridgehead atoms. The van der Waals surface area contributed by atoms with E-state index in [9.17, 15) is 4.79 Å². The third-order valence-electron chi connectivity index (χ3n) is 5.26. The van der Waals surface area contributed by atoms with Gasteiger partial charge in [0.25, 0.3) is 0 Å². The maximum atomic E-state index is 12.7. The molecule has 21 heavy (non-hydrogen) atoms. The van der Waals surface area contributed by atoms with Gasteiger partial charge in [0.2, 0.25) is 0 Å². The standard InChI is InChI=1S/C19H18O2/c1-21-18(20)19(14-8-3-2-4-9-14)16-12-11-13-7-5-6-10-15(13)17(16)19/h2-10,16-17H,11-12H2,1H3/t16-,17+,19+/m0/s1. The van der Waals surface area contributed by atoms with Crippen LogP contribution in [0, 0.1) is 5.92 Å². The maximum Gasteiger partial charge on any atom is 0.317 e. The zero-order chi connectivity index (χ0) is 14.4. The number of hydrogen-bond donors (Lipinski definition) is 0. The minimum atomic E-state index is -0.470. The lowest BCUT2D eigenvalue weighted by atomic mass is 9.89. The van der Waals surface area contributed by atoms with Crippen LogP contribution in [0.4, 0.5) is 0 Å². The fraction of sp³-hybridized carbons (Fsp3) is 0.316. The molecule has 106 valence electrons. The zero-order valence-electron chi connectivity index (χ0n) is 12.1. The molecule has 0 aliphatic heterocycles. The van der Waals surface area contributed by atoms with Crippen molar-refractivity contribution < 1.29 is 9.53 Å². The molecule has 0 heterocycles. The van der Waals surface area contributed by atoms with Crippen LogP contribution in [-0.2, 0) is 21.4 Å². The predicted molar refractivity (Wildman–Crippen MR) is 81.1 cm³/mol. The first-order valence-electron chi connectivity index (χ1n) is 7.52. The van der Waals surface area contributed by atoms with Crippen molar-refractivity contribution in [1.29, 1.82) is 0 Å². The summed E-state index contributed by atoms with van der Waals surface area (Å²) in [5, 5.41) is 0. The lowest BCUT2D eigenvalue weighted by Crippen LogP contribution is -2.25. The Morgan fingerprint density at radius 2 is 1.81 bits per heavy atom. The highest BCUT2D eigenvalue weighted by Gasteiger charge is 2.72. The summed E-state index contributed by atoms with van der Waals surface area (Å²) in [4.78, 5) is 12.7. The third-order valence-corrected chi connectivity index (χ3v) is 5.26. The number of carbonyl (C=O) groups excluding carboxylic acids is 1. The average Bonchev–Trinajstić information content (AvgIpc) is 3.25. The van der Waals surface area contributed by atoms with Crippen molar-refractivity contribution in [2.24, 2.45) is 5.92 Å². The van der Waals surface area contributed by atoms with Crippen molar-refractivity contribution >= 4 is 5.97 Å². The summed E-state index contributed by atoms with van der Waals surface area (Å²) in [5.41, 5.74) is 3.36.